The molecule has 1 unspecified atom stereocenters. The van der Waals surface area contributed by atoms with Gasteiger partial charge in [-0.25, -0.2) is 4.98 Å². The molecule has 0 amide bonds. The predicted molar refractivity (Wildman–Crippen MR) is 220 cm³/mol. The monoisotopic (exact) mass is 755 g/mol. The minimum absolute atomic E-state index is 0.296. The van der Waals surface area contributed by atoms with Gasteiger partial charge < -0.3 is 24.2 Å². The number of nitrogens with zero attached hydrogens (tertiary/aromatic N) is 5. The van der Waals surface area contributed by atoms with Gasteiger partial charge in [0.05, 0.1) is 35.9 Å². The van der Waals surface area contributed by atoms with E-state index in [9.17, 15) is 9.90 Å². The van der Waals surface area contributed by atoms with E-state index in [1.54, 1.807) is 6.26 Å². The number of hydrogen-bond acceptors (Lipinski definition) is 8. The molecule has 0 saturated heterocycles. The fourth-order valence-corrected chi connectivity index (χ4v) is 7.59. The van der Waals surface area contributed by atoms with Gasteiger partial charge in [-0.2, -0.15) is 9.61 Å². The van der Waals surface area contributed by atoms with Gasteiger partial charge in [0.2, 0.25) is 0 Å². The van der Waals surface area contributed by atoms with Gasteiger partial charge >= 0.3 is 5.97 Å². The summed E-state index contributed by atoms with van der Waals surface area (Å²) in [5.74, 6) is -0.00968. The Balaban J connectivity index is 1.68. The van der Waals surface area contributed by atoms with Crippen molar-refractivity contribution in [3.63, 3.8) is 0 Å². The second-order valence-electron chi connectivity index (χ2n) is 16.6. The summed E-state index contributed by atoms with van der Waals surface area (Å²) in [4.78, 5) is 24.5. The maximum atomic E-state index is 12.2. The van der Waals surface area contributed by atoms with Crippen LogP contribution in [0.3, 0.4) is 0 Å². The Morgan fingerprint density at radius 1 is 0.962 bits per heavy atom. The van der Waals surface area contributed by atoms with Crippen molar-refractivity contribution in [1.29, 1.82) is 0 Å². The first kappa shape index (κ1) is 40.1. The minimum Gasteiger partial charge on any atom is -0.501 e. The average molecular weight is 756 g/mol. The van der Waals surface area contributed by atoms with E-state index >= 15 is 0 Å². The summed E-state index contributed by atoms with van der Waals surface area (Å²) in [6.07, 6.45) is 10.9. The van der Waals surface area contributed by atoms with E-state index in [1.165, 1.54) is 0 Å². The molecule has 5 rings (SSSR count). The Labute approximate surface area is 316 Å². The summed E-state index contributed by atoms with van der Waals surface area (Å²) in [5, 5.41) is 15.0. The van der Waals surface area contributed by atoms with Crippen LogP contribution in [0.5, 0.6) is 0 Å². The number of pyridine rings is 1. The summed E-state index contributed by atoms with van der Waals surface area (Å²) in [6, 6.07) is 16.3. The Morgan fingerprint density at radius 3 is 2.19 bits per heavy atom. The number of carboxylic acid groups (broad SMARTS) is 1. The number of hydrogen-bond donors (Lipinski definition) is 1. The van der Waals surface area contributed by atoms with Gasteiger partial charge in [0.15, 0.2) is 5.65 Å². The molecule has 0 bridgehead atoms. The van der Waals surface area contributed by atoms with Crippen LogP contribution in [0.15, 0.2) is 67.2 Å². The van der Waals surface area contributed by atoms with Crippen molar-refractivity contribution < 1.29 is 24.1 Å². The number of anilines is 1. The zero-order chi connectivity index (χ0) is 38.2. The van der Waals surface area contributed by atoms with Crippen molar-refractivity contribution >= 4 is 45.2 Å². The standard InChI is InChI=1S/C41H57N5O5Si2/c1-9-49-22-19-34-37(32-17-20-41(2,21-18-32)40(47)48)44-38-35(33-15-16-36(42-27-33)31-13-11-10-12-14-31)28-43-46(38)39(34)45(29-50-23-25-52(3,4)5)30-51-24-26-53(6,7)8/h10-17,19,22,27-28H,9,18,20-21,23-26,29-30H2,1-8H3,(H,47,48)/b22-19+. The Hall–Kier alpha value is -4.11. The lowest BCUT2D eigenvalue weighted by molar-refractivity contribution is -0.148. The van der Waals surface area contributed by atoms with Crippen LogP contribution in [0.25, 0.3) is 39.7 Å². The number of fused-ring (bicyclic) bond motifs is 1. The molecule has 4 aromatic rings. The fraction of sp³-hybridized carbons (Fsp3) is 0.463. The first-order chi connectivity index (χ1) is 25.2. The highest BCUT2D eigenvalue weighted by molar-refractivity contribution is 6.76. The summed E-state index contributed by atoms with van der Waals surface area (Å²) in [6.45, 7) is 20.3. The van der Waals surface area contributed by atoms with Crippen molar-refractivity contribution in [3.05, 3.63) is 78.5 Å². The summed E-state index contributed by atoms with van der Waals surface area (Å²) in [5.41, 5.74) is 6.07. The SMILES string of the molecule is CCO/C=C/c1c(C2=CCC(C)(C(=O)O)CC2)nc2c(-c3ccc(-c4ccccc4)nc3)cnn2c1N(COCC[Si](C)(C)C)COCC[Si](C)(C)C. The topological polar surface area (TPSA) is 111 Å². The van der Waals surface area contributed by atoms with Crippen molar-refractivity contribution in [2.75, 3.05) is 38.2 Å². The van der Waals surface area contributed by atoms with Crippen LogP contribution in [-0.4, -0.2) is 80.1 Å². The van der Waals surface area contributed by atoms with Gasteiger partial charge in [-0.05, 0) is 62.9 Å². The number of aliphatic carboxylic acids is 1. The van der Waals surface area contributed by atoms with Gasteiger partial charge in [0.25, 0.3) is 0 Å². The van der Waals surface area contributed by atoms with Crippen LogP contribution in [0.4, 0.5) is 5.82 Å². The number of benzene rings is 1. The van der Waals surface area contributed by atoms with Crippen LogP contribution in [-0.2, 0) is 19.0 Å². The quantitative estimate of drug-likeness (QED) is 0.0459. The molecule has 0 spiro atoms. The summed E-state index contributed by atoms with van der Waals surface area (Å²) in [7, 11) is -2.66. The molecule has 0 fully saturated rings. The molecule has 3 heterocycles. The third-order valence-corrected chi connectivity index (χ3v) is 13.1. The van der Waals surface area contributed by atoms with E-state index in [4.69, 9.17) is 29.3 Å². The zero-order valence-electron chi connectivity index (χ0n) is 32.8. The Bertz CT molecular complexity index is 1880. The fourth-order valence-electron chi connectivity index (χ4n) is 6.08. The van der Waals surface area contributed by atoms with Gasteiger partial charge in [-0.15, -0.1) is 0 Å². The molecule has 53 heavy (non-hydrogen) atoms. The molecule has 3 aromatic heterocycles. The van der Waals surface area contributed by atoms with Crippen LogP contribution in [0, 0.1) is 5.41 Å². The molecule has 0 aliphatic heterocycles. The number of carbonyl (C=O) groups is 1. The lowest BCUT2D eigenvalue weighted by Crippen LogP contribution is -2.34. The van der Waals surface area contributed by atoms with Crippen LogP contribution in [0.2, 0.25) is 51.4 Å². The van der Waals surface area contributed by atoms with Crippen molar-refractivity contribution in [1.82, 2.24) is 19.6 Å². The van der Waals surface area contributed by atoms with Gasteiger partial charge in [0, 0.05) is 57.8 Å². The number of rotatable bonds is 18. The van der Waals surface area contributed by atoms with Crippen molar-refractivity contribution in [3.8, 4) is 22.4 Å². The predicted octanol–water partition coefficient (Wildman–Crippen LogP) is 9.55. The second kappa shape index (κ2) is 17.4. The average Bonchev–Trinajstić information content (AvgIpc) is 3.54. The molecule has 1 aliphatic rings. The molecule has 1 aliphatic carbocycles. The van der Waals surface area contributed by atoms with Crippen molar-refractivity contribution in [2.24, 2.45) is 5.41 Å². The summed E-state index contributed by atoms with van der Waals surface area (Å²) >= 11 is 0. The number of aromatic nitrogens is 4. The first-order valence-electron chi connectivity index (χ1n) is 18.7. The third-order valence-electron chi connectivity index (χ3n) is 9.65. The molecule has 1 atom stereocenters. The van der Waals surface area contributed by atoms with Crippen LogP contribution < -0.4 is 4.90 Å². The summed E-state index contributed by atoms with van der Waals surface area (Å²) < 4.78 is 20.5. The molecular weight excluding hydrogens is 699 g/mol. The van der Waals surface area contributed by atoms with E-state index in [0.29, 0.717) is 58.2 Å². The lowest BCUT2D eigenvalue weighted by atomic mass is 9.76. The van der Waals surface area contributed by atoms with E-state index in [0.717, 1.165) is 57.1 Å². The van der Waals surface area contributed by atoms with E-state index in [1.807, 2.05) is 79.3 Å². The largest absolute Gasteiger partial charge is 0.501 e. The normalized spacial score (nSPS) is 16.6. The molecule has 0 saturated carbocycles. The second-order valence-corrected chi connectivity index (χ2v) is 27.8. The molecule has 12 heteroatoms. The smallest absolute Gasteiger partial charge is 0.309 e. The molecule has 1 aromatic carbocycles. The number of carboxylic acids is 1. The van der Waals surface area contributed by atoms with Crippen LogP contribution >= 0.6 is 0 Å². The van der Waals surface area contributed by atoms with Crippen LogP contribution in [0.1, 0.15) is 44.4 Å². The zero-order valence-corrected chi connectivity index (χ0v) is 34.8. The Kier molecular flexibility index (Phi) is 13.1. The highest BCUT2D eigenvalue weighted by atomic mass is 28.3. The van der Waals surface area contributed by atoms with Gasteiger partial charge in [0.1, 0.15) is 19.3 Å². The highest BCUT2D eigenvalue weighted by Crippen LogP contribution is 2.42. The lowest BCUT2D eigenvalue weighted by Gasteiger charge is -2.31. The van der Waals surface area contributed by atoms with Crippen molar-refractivity contribution in [2.45, 2.75) is 84.5 Å². The molecule has 0 radical (unpaired) electrons. The first-order valence-corrected chi connectivity index (χ1v) is 26.2. The highest BCUT2D eigenvalue weighted by Gasteiger charge is 2.36. The van der Waals surface area contributed by atoms with E-state index in [2.05, 4.69) is 50.2 Å². The maximum absolute atomic E-state index is 12.2. The molecular formula is C41H57N5O5Si2. The minimum atomic E-state index is -1.33. The number of ether oxygens (including phenoxy) is 3. The van der Waals surface area contributed by atoms with E-state index in [-0.39, 0.29) is 0 Å². The maximum Gasteiger partial charge on any atom is 0.309 e. The van der Waals surface area contributed by atoms with Gasteiger partial charge in [-0.3, -0.25) is 9.78 Å². The Morgan fingerprint density at radius 2 is 1.64 bits per heavy atom. The molecule has 10 nitrogen and oxygen atoms in total. The van der Waals surface area contributed by atoms with Gasteiger partial charge in [-0.1, -0.05) is 81.8 Å². The molecule has 284 valence electrons. The van der Waals surface area contributed by atoms with E-state index < -0.39 is 27.5 Å². The molecule has 1 N–H and O–H groups in total. The third kappa shape index (κ3) is 10.5. The number of allylic oxidation sites excluding steroid dienone is 2.